The Morgan fingerprint density at radius 2 is 1.63 bits per heavy atom. The number of rotatable bonds is 7. The van der Waals surface area contributed by atoms with Gasteiger partial charge in [0.25, 0.3) is 5.91 Å². The van der Waals surface area contributed by atoms with Crippen LogP contribution in [0.1, 0.15) is 28.8 Å². The van der Waals surface area contributed by atoms with Gasteiger partial charge in [-0.2, -0.15) is 0 Å². The Labute approximate surface area is 203 Å². The second-order valence-corrected chi connectivity index (χ2v) is 8.50. The number of amidine groups is 1. The van der Waals surface area contributed by atoms with Crippen LogP contribution in [-0.2, 0) is 0 Å². The fraction of sp³-hybridized carbons (Fsp3) is 0.107. The molecule has 5 rings (SSSR count). The van der Waals surface area contributed by atoms with E-state index in [0.29, 0.717) is 28.1 Å². The van der Waals surface area contributed by atoms with Crippen LogP contribution in [0.4, 0.5) is 5.82 Å². The molecule has 1 fully saturated rings. The largest absolute Gasteiger partial charge is 0.457 e. The number of pyridine rings is 1. The van der Waals surface area contributed by atoms with Gasteiger partial charge in [0.05, 0.1) is 11.3 Å². The lowest BCUT2D eigenvalue weighted by molar-refractivity contribution is 0.0951. The van der Waals surface area contributed by atoms with Crippen LogP contribution >= 0.6 is 0 Å². The molecule has 1 amide bonds. The highest BCUT2D eigenvalue weighted by atomic mass is 16.5. The first-order chi connectivity index (χ1) is 17.0. The summed E-state index contributed by atoms with van der Waals surface area (Å²) < 4.78 is 5.89. The molecule has 1 aliphatic carbocycles. The van der Waals surface area contributed by atoms with Crippen LogP contribution in [-0.4, -0.2) is 22.8 Å². The third-order valence-electron chi connectivity index (χ3n) is 5.79. The number of carbonyl (C=O) groups excluding carboxylic acids is 1. The van der Waals surface area contributed by atoms with Crippen LogP contribution in [0, 0.1) is 5.41 Å². The number of hydrogen-bond acceptors (Lipinski definition) is 5. The van der Waals surface area contributed by atoms with Crippen molar-refractivity contribution in [1.29, 1.82) is 5.41 Å². The monoisotopic (exact) mass is 463 g/mol. The van der Waals surface area contributed by atoms with E-state index in [0.717, 1.165) is 29.7 Å². The Kier molecular flexibility index (Phi) is 5.89. The van der Waals surface area contributed by atoms with Crippen LogP contribution in [0.25, 0.3) is 22.4 Å². The molecular formula is C28H25N5O2. The third kappa shape index (κ3) is 4.99. The van der Waals surface area contributed by atoms with Crippen LogP contribution in [0.2, 0.25) is 0 Å². The van der Waals surface area contributed by atoms with Gasteiger partial charge in [0.2, 0.25) is 0 Å². The summed E-state index contributed by atoms with van der Waals surface area (Å²) in [5.41, 5.74) is 15.9. The summed E-state index contributed by atoms with van der Waals surface area (Å²) in [4.78, 5) is 17.0. The van der Waals surface area contributed by atoms with Crippen molar-refractivity contribution in [2.45, 2.75) is 18.9 Å². The van der Waals surface area contributed by atoms with Crippen molar-refractivity contribution in [2.24, 2.45) is 5.73 Å². The highest BCUT2D eigenvalue weighted by Crippen LogP contribution is 2.33. The standard InChI is InChI=1S/C28H25N5O2/c29-26(30)25-23(17-9-13-22(14-10-17)35-21-7-2-1-3-8-21)16-24(33-27(25)31)18-5-4-6-19(15-18)28(34)32-20-11-12-20/h1-10,13-16,20H,11-12H2,(H3,29,30)(H2,31,33)(H,32,34). The summed E-state index contributed by atoms with van der Waals surface area (Å²) in [7, 11) is 0. The van der Waals surface area contributed by atoms with Gasteiger partial charge in [-0.05, 0) is 66.4 Å². The number of para-hydroxylation sites is 1. The molecule has 0 radical (unpaired) electrons. The number of ether oxygens (including phenoxy) is 1. The molecule has 0 saturated heterocycles. The molecule has 0 atom stereocenters. The summed E-state index contributed by atoms with van der Waals surface area (Å²) >= 11 is 0. The number of nitrogens with one attached hydrogen (secondary N) is 2. The number of amides is 1. The topological polar surface area (TPSA) is 127 Å². The molecule has 0 unspecified atom stereocenters. The fourth-order valence-corrected chi connectivity index (χ4v) is 3.87. The van der Waals surface area contributed by atoms with Gasteiger partial charge in [-0.15, -0.1) is 0 Å². The smallest absolute Gasteiger partial charge is 0.251 e. The highest BCUT2D eigenvalue weighted by Gasteiger charge is 2.24. The van der Waals surface area contributed by atoms with E-state index in [1.54, 1.807) is 12.1 Å². The molecule has 4 aromatic rings. The number of nitrogens with zero attached hydrogens (tertiary/aromatic N) is 1. The summed E-state index contributed by atoms with van der Waals surface area (Å²) in [6.45, 7) is 0. The zero-order valence-electron chi connectivity index (χ0n) is 19.0. The minimum atomic E-state index is -0.168. The molecule has 1 aliphatic rings. The molecule has 1 heterocycles. The van der Waals surface area contributed by atoms with Crippen LogP contribution in [0.3, 0.4) is 0 Å². The zero-order chi connectivity index (χ0) is 24.4. The Balaban J connectivity index is 1.50. The number of benzene rings is 3. The Bertz CT molecular complexity index is 1400. The molecule has 0 bridgehead atoms. The van der Waals surface area contributed by atoms with Crippen LogP contribution < -0.4 is 21.5 Å². The van der Waals surface area contributed by atoms with E-state index < -0.39 is 0 Å². The molecule has 35 heavy (non-hydrogen) atoms. The molecule has 6 N–H and O–H groups in total. The predicted octanol–water partition coefficient (Wildman–Crippen LogP) is 4.97. The van der Waals surface area contributed by atoms with Gasteiger partial charge in [-0.3, -0.25) is 10.2 Å². The van der Waals surface area contributed by atoms with E-state index >= 15 is 0 Å². The fourth-order valence-electron chi connectivity index (χ4n) is 3.87. The predicted molar refractivity (Wildman–Crippen MR) is 138 cm³/mol. The van der Waals surface area contributed by atoms with Crippen LogP contribution in [0.5, 0.6) is 11.5 Å². The minimum Gasteiger partial charge on any atom is -0.457 e. The Hall–Kier alpha value is -4.65. The average molecular weight is 464 g/mol. The molecule has 7 heteroatoms. The molecule has 3 aromatic carbocycles. The lowest BCUT2D eigenvalue weighted by atomic mass is 9.96. The van der Waals surface area contributed by atoms with E-state index in [-0.39, 0.29) is 23.6 Å². The lowest BCUT2D eigenvalue weighted by Gasteiger charge is -2.15. The van der Waals surface area contributed by atoms with E-state index in [9.17, 15) is 4.79 Å². The number of nitrogen functional groups attached to an aromatic ring is 2. The van der Waals surface area contributed by atoms with Gasteiger partial charge in [-0.1, -0.05) is 42.5 Å². The van der Waals surface area contributed by atoms with Gasteiger partial charge in [0, 0.05) is 17.2 Å². The molecule has 0 spiro atoms. The second-order valence-electron chi connectivity index (χ2n) is 8.50. The molecule has 1 saturated carbocycles. The van der Waals surface area contributed by atoms with Crippen molar-refractivity contribution in [1.82, 2.24) is 10.3 Å². The molecule has 7 nitrogen and oxygen atoms in total. The second kappa shape index (κ2) is 9.30. The van der Waals surface area contributed by atoms with Gasteiger partial charge in [0.1, 0.15) is 23.2 Å². The lowest BCUT2D eigenvalue weighted by Crippen LogP contribution is -2.25. The first-order valence-electron chi connectivity index (χ1n) is 11.4. The van der Waals surface area contributed by atoms with Gasteiger partial charge >= 0.3 is 0 Å². The molecule has 0 aliphatic heterocycles. The SMILES string of the molecule is N=C(N)c1c(-c2ccc(Oc3ccccc3)cc2)cc(-c2cccc(C(=O)NC3CC3)c2)nc1N. The van der Waals surface area contributed by atoms with Crippen molar-refractivity contribution in [3.8, 4) is 33.9 Å². The van der Waals surface area contributed by atoms with Gasteiger partial charge in [0.15, 0.2) is 0 Å². The number of anilines is 1. The molecule has 1 aromatic heterocycles. The summed E-state index contributed by atoms with van der Waals surface area (Å²) in [6, 6.07) is 26.4. The Morgan fingerprint density at radius 1 is 0.914 bits per heavy atom. The minimum absolute atomic E-state index is 0.100. The molecule has 174 valence electrons. The zero-order valence-corrected chi connectivity index (χ0v) is 19.0. The Morgan fingerprint density at radius 3 is 2.31 bits per heavy atom. The average Bonchev–Trinajstić information content (AvgIpc) is 3.68. The van der Waals surface area contributed by atoms with Gasteiger partial charge < -0.3 is 21.5 Å². The van der Waals surface area contributed by atoms with Crippen molar-refractivity contribution in [3.05, 3.63) is 96.1 Å². The van der Waals surface area contributed by atoms with Crippen molar-refractivity contribution >= 4 is 17.6 Å². The first-order valence-corrected chi connectivity index (χ1v) is 11.4. The summed E-state index contributed by atoms with van der Waals surface area (Å²) in [6.07, 6.45) is 2.04. The quantitative estimate of drug-likeness (QED) is 0.227. The highest BCUT2D eigenvalue weighted by molar-refractivity contribution is 6.06. The first kappa shape index (κ1) is 22.2. The maximum absolute atomic E-state index is 12.5. The van der Waals surface area contributed by atoms with E-state index in [4.69, 9.17) is 21.6 Å². The number of nitrogens with two attached hydrogens (primary N) is 2. The van der Waals surface area contributed by atoms with Crippen molar-refractivity contribution in [3.63, 3.8) is 0 Å². The van der Waals surface area contributed by atoms with Gasteiger partial charge in [-0.25, -0.2) is 4.98 Å². The number of carbonyl (C=O) groups is 1. The van der Waals surface area contributed by atoms with Crippen LogP contribution in [0.15, 0.2) is 84.9 Å². The normalized spacial score (nSPS) is 12.7. The third-order valence-corrected chi connectivity index (χ3v) is 5.79. The van der Waals surface area contributed by atoms with Crippen molar-refractivity contribution < 1.29 is 9.53 Å². The van der Waals surface area contributed by atoms with Crippen molar-refractivity contribution in [2.75, 3.05) is 5.73 Å². The van der Waals surface area contributed by atoms with E-state index in [1.165, 1.54) is 0 Å². The summed E-state index contributed by atoms with van der Waals surface area (Å²) in [5, 5.41) is 11.1. The number of hydrogen-bond donors (Lipinski definition) is 4. The maximum atomic E-state index is 12.5. The number of aromatic nitrogens is 1. The van der Waals surface area contributed by atoms with E-state index in [2.05, 4.69) is 10.3 Å². The maximum Gasteiger partial charge on any atom is 0.251 e. The summed E-state index contributed by atoms with van der Waals surface area (Å²) in [5.74, 6) is 1.31. The van der Waals surface area contributed by atoms with E-state index in [1.807, 2.05) is 72.8 Å². The molecular weight excluding hydrogens is 438 g/mol.